The smallest absolute Gasteiger partial charge is 0.264 e. The van der Waals surface area contributed by atoms with Gasteiger partial charge in [-0.25, -0.2) is 0 Å². The van der Waals surface area contributed by atoms with E-state index in [-0.39, 0.29) is 49.2 Å². The van der Waals surface area contributed by atoms with E-state index in [9.17, 15) is 14.7 Å². The molecule has 0 aliphatic carbocycles. The van der Waals surface area contributed by atoms with E-state index in [0.717, 1.165) is 42.1 Å². The van der Waals surface area contributed by atoms with Crippen LogP contribution in [0.2, 0.25) is 18.6 Å². The van der Waals surface area contributed by atoms with Crippen LogP contribution in [0.4, 0.5) is 32.5 Å². The first-order valence-corrected chi connectivity index (χ1v) is 28.3. The number of likely N-dealkylation sites (tertiary alicyclic amines) is 1. The highest BCUT2D eigenvalue weighted by Crippen LogP contribution is 2.61. The third-order valence-electron chi connectivity index (χ3n) is 17.0. The van der Waals surface area contributed by atoms with Crippen molar-refractivity contribution in [3.8, 4) is 0 Å². The number of amides is 4. The number of para-hydroxylation sites is 2. The summed E-state index contributed by atoms with van der Waals surface area (Å²) in [5.41, 5.74) is 1.38. The number of hydrogen-bond donors (Lipinski definition) is 3. The van der Waals surface area contributed by atoms with Crippen LogP contribution < -0.4 is 35.1 Å². The molecule has 7 aliphatic rings. The van der Waals surface area contributed by atoms with Crippen LogP contribution in [0.1, 0.15) is 63.0 Å². The Morgan fingerprint density at radius 3 is 1.86 bits per heavy atom. The van der Waals surface area contributed by atoms with Gasteiger partial charge in [0.1, 0.15) is 11.1 Å². The van der Waals surface area contributed by atoms with Crippen molar-refractivity contribution in [2.75, 3.05) is 77.2 Å². The summed E-state index contributed by atoms with van der Waals surface area (Å²) < 4.78 is 24.2. The van der Waals surface area contributed by atoms with Gasteiger partial charge in [-0.2, -0.15) is 0 Å². The molecule has 4 amide bonds. The quantitative estimate of drug-likeness (QED) is 0.124. The van der Waals surface area contributed by atoms with E-state index in [1.54, 1.807) is 22.9 Å². The lowest BCUT2D eigenvalue weighted by Gasteiger charge is -2.39. The SMILES string of the molecule is C[C@@H]1[C@@H]([Si](C)(C)F)[C@H](CC(=O)N2CCC[C@H]2CO)O[C@@]12C(=O)N(Cc1cccc(N3CN(c4ccccc4)C4(CCNCC4)C3=O)c1)c1ccc(N3CN(c4ccccc4)C4(CCNCC4)C3=O)cc12. The molecule has 0 unspecified atom stereocenters. The van der Waals surface area contributed by atoms with Crippen LogP contribution in [-0.2, 0) is 36.1 Å². The van der Waals surface area contributed by atoms with Gasteiger partial charge in [0.15, 0.2) is 5.60 Å². The number of anilines is 5. The van der Waals surface area contributed by atoms with Crippen LogP contribution in [-0.4, -0.2) is 118 Å². The fraction of sp³-hybridized carbons (Fsp3) is 0.481. The normalized spacial score (nSPS) is 27.3. The Labute approximate surface area is 410 Å². The van der Waals surface area contributed by atoms with Crippen LogP contribution in [0.15, 0.2) is 103 Å². The molecule has 16 heteroatoms. The van der Waals surface area contributed by atoms with Crippen molar-refractivity contribution in [3.63, 3.8) is 0 Å². The Kier molecular flexibility index (Phi) is 11.9. The number of aliphatic hydroxyl groups excluding tert-OH is 1. The van der Waals surface area contributed by atoms with Crippen molar-refractivity contribution in [2.24, 2.45) is 5.92 Å². The molecule has 70 heavy (non-hydrogen) atoms. The number of hydrogen-bond acceptors (Lipinski definition) is 10. The van der Waals surface area contributed by atoms with E-state index in [2.05, 4.69) is 32.6 Å². The first kappa shape index (κ1) is 46.7. The van der Waals surface area contributed by atoms with Gasteiger partial charge in [0.2, 0.25) is 14.3 Å². The number of benzene rings is 4. The summed E-state index contributed by atoms with van der Waals surface area (Å²) in [6, 6.07) is 33.3. The van der Waals surface area contributed by atoms with Gasteiger partial charge >= 0.3 is 0 Å². The molecule has 4 aromatic rings. The molecular formula is C54H65FN8O6Si. The van der Waals surface area contributed by atoms with E-state index in [1.807, 2.05) is 108 Å². The van der Waals surface area contributed by atoms with Crippen molar-refractivity contribution >= 4 is 60.5 Å². The molecular weight excluding hydrogens is 904 g/mol. The standard InChI is InChI=1S/C54H65FN8O6Si/c1-37-48(70(2,3)55)46(32-47(65)58-29-11-18-43(58)34-64)69-54(37)44-31-42(61-36-63(40-15-8-5-9-16-40)53(50(61)67)23-27-57-28-24-53)19-20-45(44)59(51(54)68)33-38-12-10-17-41(30-38)60-35-62(39-13-6-4-7-14-39)52(49(60)66)21-25-56-26-22-52/h4-10,12-17,19-20,30-31,37,43,46,48,56-57,64H,11,18,21-29,32-36H2,1-3H3/t37-,43+,46+,48-,54+/m1/s1. The van der Waals surface area contributed by atoms with Gasteiger partial charge in [-0.3, -0.25) is 29.0 Å². The molecule has 7 aliphatic heterocycles. The second kappa shape index (κ2) is 17.9. The Morgan fingerprint density at radius 2 is 1.30 bits per heavy atom. The molecule has 6 saturated heterocycles. The van der Waals surface area contributed by atoms with Crippen LogP contribution in [0.3, 0.4) is 0 Å². The minimum Gasteiger partial charge on any atom is -0.394 e. The van der Waals surface area contributed by atoms with Crippen LogP contribution in [0.5, 0.6) is 0 Å². The summed E-state index contributed by atoms with van der Waals surface area (Å²) in [5, 5.41) is 17.0. The largest absolute Gasteiger partial charge is 0.394 e. The molecule has 3 N–H and O–H groups in total. The third-order valence-corrected chi connectivity index (χ3v) is 19.4. The average molecular weight is 969 g/mol. The lowest BCUT2D eigenvalue weighted by atomic mass is 9.82. The average Bonchev–Trinajstić information content (AvgIpc) is 4.16. The summed E-state index contributed by atoms with van der Waals surface area (Å²) in [6.45, 7) is 9.18. The number of aliphatic hydroxyl groups is 1. The molecule has 5 atom stereocenters. The number of halogens is 1. The third kappa shape index (κ3) is 7.38. The first-order chi connectivity index (χ1) is 33.8. The van der Waals surface area contributed by atoms with Gasteiger partial charge < -0.3 is 44.2 Å². The van der Waals surface area contributed by atoms with Crippen LogP contribution >= 0.6 is 0 Å². The molecule has 4 aromatic carbocycles. The summed E-state index contributed by atoms with van der Waals surface area (Å²) in [4.78, 5) is 71.3. The fourth-order valence-corrected chi connectivity index (χ4v) is 16.0. The van der Waals surface area contributed by atoms with Crippen molar-refractivity contribution in [2.45, 2.75) is 106 Å². The lowest BCUT2D eigenvalue weighted by Crippen LogP contribution is -2.55. The van der Waals surface area contributed by atoms with Crippen molar-refractivity contribution in [3.05, 3.63) is 114 Å². The summed E-state index contributed by atoms with van der Waals surface area (Å²) in [7, 11) is -3.66. The topological polar surface area (TPSA) is 141 Å². The maximum atomic E-state index is 17.1. The van der Waals surface area contributed by atoms with E-state index < -0.39 is 42.6 Å². The van der Waals surface area contributed by atoms with Crippen molar-refractivity contribution in [1.82, 2.24) is 15.5 Å². The van der Waals surface area contributed by atoms with Gasteiger partial charge in [-0.15, -0.1) is 0 Å². The zero-order valence-corrected chi connectivity index (χ0v) is 41.5. The molecule has 11 rings (SSSR count). The maximum absolute atomic E-state index is 17.1. The number of nitrogens with zero attached hydrogens (tertiary/aromatic N) is 6. The molecule has 3 spiro atoms. The van der Waals surface area contributed by atoms with E-state index >= 15 is 13.7 Å². The number of nitrogens with one attached hydrogen (secondary N) is 2. The highest BCUT2D eigenvalue weighted by Gasteiger charge is 2.67. The summed E-state index contributed by atoms with van der Waals surface area (Å²) in [6.07, 6.45) is 3.04. The van der Waals surface area contributed by atoms with Crippen molar-refractivity contribution in [1.29, 1.82) is 0 Å². The van der Waals surface area contributed by atoms with Crippen molar-refractivity contribution < 1.29 is 33.1 Å². The maximum Gasteiger partial charge on any atom is 0.264 e. The molecule has 368 valence electrons. The number of carbonyl (C=O) groups is 4. The fourth-order valence-electron chi connectivity index (χ4n) is 13.5. The Balaban J connectivity index is 0.977. The monoisotopic (exact) mass is 968 g/mol. The van der Waals surface area contributed by atoms with E-state index in [1.165, 1.54) is 0 Å². The zero-order valence-electron chi connectivity index (χ0n) is 40.5. The zero-order chi connectivity index (χ0) is 48.6. The number of rotatable bonds is 10. The van der Waals surface area contributed by atoms with Gasteiger partial charge in [0.05, 0.1) is 50.7 Å². The van der Waals surface area contributed by atoms with Crippen LogP contribution in [0.25, 0.3) is 0 Å². The number of piperidine rings is 2. The Hall–Kier alpha value is -5.65. The highest BCUT2D eigenvalue weighted by atomic mass is 28.4. The second-order valence-electron chi connectivity index (χ2n) is 21.1. The van der Waals surface area contributed by atoms with Crippen LogP contribution in [0, 0.1) is 5.92 Å². The van der Waals surface area contributed by atoms with Gasteiger partial charge in [-0.05, 0) is 138 Å². The van der Waals surface area contributed by atoms with Gasteiger partial charge in [-0.1, -0.05) is 55.5 Å². The molecule has 7 heterocycles. The molecule has 0 saturated carbocycles. The Bertz CT molecular complexity index is 2660. The van der Waals surface area contributed by atoms with E-state index in [4.69, 9.17) is 4.74 Å². The predicted molar refractivity (Wildman–Crippen MR) is 271 cm³/mol. The number of carbonyl (C=O) groups excluding carboxylic acids is 4. The summed E-state index contributed by atoms with van der Waals surface area (Å²) >= 11 is 0. The lowest BCUT2D eigenvalue weighted by molar-refractivity contribution is -0.150. The second-order valence-corrected chi connectivity index (χ2v) is 24.9. The highest BCUT2D eigenvalue weighted by molar-refractivity contribution is 6.72. The molecule has 0 aromatic heterocycles. The molecule has 14 nitrogen and oxygen atoms in total. The number of ether oxygens (including phenoxy) is 1. The summed E-state index contributed by atoms with van der Waals surface area (Å²) in [5.74, 6) is -1.21. The van der Waals surface area contributed by atoms with Gasteiger partial charge in [0.25, 0.3) is 17.7 Å². The Morgan fingerprint density at radius 1 is 0.743 bits per heavy atom. The molecule has 0 radical (unpaired) electrons. The predicted octanol–water partition coefficient (Wildman–Crippen LogP) is 6.25. The van der Waals surface area contributed by atoms with Gasteiger partial charge in [0, 0.05) is 46.3 Å². The minimum absolute atomic E-state index is 0.0125. The van der Waals surface area contributed by atoms with E-state index in [0.29, 0.717) is 82.0 Å². The molecule has 6 fully saturated rings. The minimum atomic E-state index is -3.66. The first-order valence-electron chi connectivity index (χ1n) is 25.3. The number of fused-ring (bicyclic) bond motifs is 2. The molecule has 0 bridgehead atoms.